The molecular weight excluding hydrogens is 1260 g/mol. The highest BCUT2D eigenvalue weighted by molar-refractivity contribution is 5.82. The Bertz CT molecular complexity index is 1840. The van der Waals surface area contributed by atoms with Gasteiger partial charge in [0.25, 0.3) is 0 Å². The zero-order chi connectivity index (χ0) is 74.4. The number of carboxylic acid groups (broad SMARTS) is 4. The van der Waals surface area contributed by atoms with E-state index in [0.717, 1.165) is 128 Å². The summed E-state index contributed by atoms with van der Waals surface area (Å²) >= 11 is 0. The van der Waals surface area contributed by atoms with Crippen LogP contribution < -0.4 is 0 Å². The summed E-state index contributed by atoms with van der Waals surface area (Å²) in [4.78, 5) is 84.8. The van der Waals surface area contributed by atoms with E-state index in [1.807, 2.05) is 0 Å². The second-order valence-electron chi connectivity index (χ2n) is 26.5. The first-order chi connectivity index (χ1) is 48.7. The van der Waals surface area contributed by atoms with Crippen molar-refractivity contribution in [2.75, 3.05) is 26.4 Å². The summed E-state index contributed by atoms with van der Waals surface area (Å²) in [5.74, 6) is -4.02. The molecule has 0 aliphatic carbocycles. The van der Waals surface area contributed by atoms with Crippen molar-refractivity contribution in [3.8, 4) is 0 Å². The number of carbonyl (C=O) groups excluding carboxylic acids is 4. The van der Waals surface area contributed by atoms with Crippen LogP contribution in [0.25, 0.3) is 0 Å². The molecule has 16 nitrogen and oxygen atoms in total. The maximum atomic E-state index is 10.9. The van der Waals surface area contributed by atoms with Crippen LogP contribution in [0, 0.1) is 0 Å². The molecule has 0 saturated heterocycles. The number of esters is 4. The van der Waals surface area contributed by atoms with Crippen molar-refractivity contribution >= 4 is 47.8 Å². The molecule has 4 N–H and O–H groups in total. The molecule has 0 aliphatic rings. The molecule has 0 fully saturated rings. The van der Waals surface area contributed by atoms with Crippen LogP contribution >= 0.6 is 0 Å². The summed E-state index contributed by atoms with van der Waals surface area (Å²) in [5, 5.41) is 34.0. The fourth-order valence-corrected chi connectivity index (χ4v) is 11.0. The maximum absolute atomic E-state index is 10.9. The highest BCUT2D eigenvalue weighted by atomic mass is 16.5. The minimum absolute atomic E-state index is 0.302. The summed E-state index contributed by atoms with van der Waals surface area (Å²) in [6.07, 6.45) is 81.1. The van der Waals surface area contributed by atoms with E-state index in [1.165, 1.54) is 255 Å². The molecule has 0 aromatic heterocycles. The summed E-state index contributed by atoms with van der Waals surface area (Å²) < 4.78 is 19.8. The zero-order valence-corrected chi connectivity index (χ0v) is 63.4. The third-order valence-corrected chi connectivity index (χ3v) is 17.1. The lowest BCUT2D eigenvalue weighted by molar-refractivity contribution is -0.138. The molecule has 0 radical (unpaired) electrons. The van der Waals surface area contributed by atoms with Gasteiger partial charge in [-0.15, -0.1) is 0 Å². The summed E-state index contributed by atoms with van der Waals surface area (Å²) in [6, 6.07) is 0. The number of rotatable bonds is 74. The molecule has 0 rings (SSSR count). The van der Waals surface area contributed by atoms with Crippen molar-refractivity contribution in [1.82, 2.24) is 0 Å². The van der Waals surface area contributed by atoms with Gasteiger partial charge in [-0.05, 0) is 103 Å². The summed E-state index contributed by atoms with van der Waals surface area (Å²) in [6.45, 7) is 15.6. The summed E-state index contributed by atoms with van der Waals surface area (Å²) in [5.41, 5.74) is 0. The van der Waals surface area contributed by atoms with Gasteiger partial charge >= 0.3 is 47.8 Å². The average Bonchev–Trinajstić information content (AvgIpc) is 3.62. The molecule has 0 atom stereocenters. The van der Waals surface area contributed by atoms with Crippen molar-refractivity contribution in [3.63, 3.8) is 0 Å². The number of carbonyl (C=O) groups is 8. The van der Waals surface area contributed by atoms with Gasteiger partial charge in [-0.25, -0.2) is 19.2 Å². The summed E-state index contributed by atoms with van der Waals surface area (Å²) in [7, 11) is 0. The Morgan fingerprint density at radius 2 is 0.310 bits per heavy atom. The molecule has 0 bridgehead atoms. The number of aliphatic carboxylic acids is 4. The third kappa shape index (κ3) is 103. The van der Waals surface area contributed by atoms with Crippen LogP contribution in [0.1, 0.15) is 385 Å². The molecule has 0 spiro atoms. The second-order valence-corrected chi connectivity index (χ2v) is 26.5. The van der Waals surface area contributed by atoms with Gasteiger partial charge in [0.2, 0.25) is 0 Å². The van der Waals surface area contributed by atoms with Crippen LogP contribution in [-0.2, 0) is 57.3 Å². The molecule has 0 heterocycles. The monoisotopic (exact) mass is 1410 g/mol. The maximum Gasteiger partial charge on any atom is 0.330 e. The lowest BCUT2D eigenvalue weighted by Gasteiger charge is -2.04. The van der Waals surface area contributed by atoms with Crippen LogP contribution in [-0.4, -0.2) is 94.6 Å². The van der Waals surface area contributed by atoms with Gasteiger partial charge in [-0.1, -0.05) is 307 Å². The molecule has 100 heavy (non-hydrogen) atoms. The first-order valence-corrected chi connectivity index (χ1v) is 40.0. The van der Waals surface area contributed by atoms with Crippen LogP contribution in [0.2, 0.25) is 0 Å². The van der Waals surface area contributed by atoms with Crippen LogP contribution in [0.15, 0.2) is 74.9 Å². The molecule has 16 heteroatoms. The molecule has 580 valence electrons. The van der Waals surface area contributed by atoms with E-state index in [2.05, 4.69) is 50.6 Å². The van der Waals surface area contributed by atoms with E-state index in [1.54, 1.807) is 0 Å². The normalized spacial score (nSPS) is 10.7. The Labute approximate surface area is 609 Å². The molecular formula is C84H148O16. The van der Waals surface area contributed by atoms with E-state index in [-0.39, 0.29) is 23.9 Å². The fourth-order valence-electron chi connectivity index (χ4n) is 11.0. The minimum Gasteiger partial charge on any atom is -0.481 e. The quantitative estimate of drug-likeness (QED) is 0.0145. The van der Waals surface area contributed by atoms with Crippen LogP contribution in [0.5, 0.6) is 0 Å². The van der Waals surface area contributed by atoms with Crippen molar-refractivity contribution in [3.05, 3.63) is 74.9 Å². The average molecular weight is 1410 g/mol. The van der Waals surface area contributed by atoms with Crippen LogP contribution in [0.4, 0.5) is 0 Å². The molecule has 0 aromatic rings. The Hall–Kier alpha value is -5.80. The number of ether oxygens (including phenoxy) is 4. The van der Waals surface area contributed by atoms with Crippen molar-refractivity contribution in [2.45, 2.75) is 385 Å². The van der Waals surface area contributed by atoms with Gasteiger partial charge in [0.15, 0.2) is 0 Å². The smallest absolute Gasteiger partial charge is 0.330 e. The lowest BCUT2D eigenvalue weighted by Crippen LogP contribution is -2.01. The van der Waals surface area contributed by atoms with Crippen molar-refractivity contribution in [2.24, 2.45) is 0 Å². The standard InChI is InChI=1S/C24H42O4.C24H40O4.C18H34O4.C18H32O4/c2*1-3-23(25)27-21-19-17-15-13-11-9-7-5-6-8-10-12-14-16-18-20-22-28-24(26)4-2;2*19-17(20)15-13-11-9-7-5-3-1-2-4-6-8-10-12-14-16-18(21)22/h3-4H,1-2,5-22H2;3-6H,1-2,7-22H2;1-16H2,(H,19,20)(H,21,22);1-2H,3-16H2,(H,19,20)(H,21,22)/b;6-5-;;2-1-. The van der Waals surface area contributed by atoms with E-state index >= 15 is 0 Å². The first-order valence-electron chi connectivity index (χ1n) is 40.0. The van der Waals surface area contributed by atoms with Crippen molar-refractivity contribution in [1.29, 1.82) is 0 Å². The van der Waals surface area contributed by atoms with Gasteiger partial charge in [0, 0.05) is 50.0 Å². The van der Waals surface area contributed by atoms with E-state index in [9.17, 15) is 38.4 Å². The van der Waals surface area contributed by atoms with E-state index in [0.29, 0.717) is 52.1 Å². The van der Waals surface area contributed by atoms with Gasteiger partial charge in [0.05, 0.1) is 26.4 Å². The van der Waals surface area contributed by atoms with Gasteiger partial charge in [-0.3, -0.25) is 19.2 Å². The van der Waals surface area contributed by atoms with Crippen LogP contribution in [0.3, 0.4) is 0 Å². The largest absolute Gasteiger partial charge is 0.481 e. The predicted molar refractivity (Wildman–Crippen MR) is 410 cm³/mol. The number of carboxylic acids is 4. The highest BCUT2D eigenvalue weighted by Crippen LogP contribution is 2.18. The molecule has 0 amide bonds. The fraction of sp³-hybridized carbons (Fsp3) is 0.762. The number of unbranched alkanes of at least 4 members (excludes halogenated alkanes) is 50. The van der Waals surface area contributed by atoms with Gasteiger partial charge < -0.3 is 39.4 Å². The number of hydrogen-bond acceptors (Lipinski definition) is 12. The van der Waals surface area contributed by atoms with Gasteiger partial charge in [-0.2, -0.15) is 0 Å². The van der Waals surface area contributed by atoms with Gasteiger partial charge in [0.1, 0.15) is 0 Å². The Balaban J connectivity index is -0.000000618. The third-order valence-electron chi connectivity index (χ3n) is 17.1. The van der Waals surface area contributed by atoms with Crippen molar-refractivity contribution < 1.29 is 77.7 Å². The number of allylic oxidation sites excluding steroid dienone is 4. The van der Waals surface area contributed by atoms with E-state index in [4.69, 9.17) is 39.4 Å². The molecule has 0 aliphatic heterocycles. The SMILES string of the molecule is C=CC(=O)OCCCCCCCC/C=C\CCCCCCCCOC(=O)C=C.C=CC(=O)OCCCCCCCCCCCCCCCCCCOC(=O)C=C.O=C(O)CCCCCCC/C=C\CCCCCCCC(=O)O.O=C(O)CCCCCCCCCCCCCCCCC(=O)O. The Kier molecular flexibility index (Phi) is 89.8. The minimum atomic E-state index is -0.690. The second kappa shape index (κ2) is 89.3. The molecule has 0 unspecified atom stereocenters. The lowest BCUT2D eigenvalue weighted by atomic mass is 10.0. The Morgan fingerprint density at radius 3 is 0.440 bits per heavy atom. The Morgan fingerprint density at radius 1 is 0.190 bits per heavy atom. The molecule has 0 saturated carbocycles. The van der Waals surface area contributed by atoms with E-state index < -0.39 is 23.9 Å². The zero-order valence-electron chi connectivity index (χ0n) is 63.4. The first kappa shape index (κ1) is 101. The topological polar surface area (TPSA) is 254 Å². The predicted octanol–water partition coefficient (Wildman–Crippen LogP) is 23.7. The highest BCUT2D eigenvalue weighted by Gasteiger charge is 2.04. The number of hydrogen-bond donors (Lipinski definition) is 4. The molecule has 0 aromatic carbocycles.